The molecular formula is C29H39NO3. The van der Waals surface area contributed by atoms with Crippen molar-refractivity contribution >= 4 is 5.91 Å². The molecule has 0 aliphatic rings. The number of phenols is 1. The highest BCUT2D eigenvalue weighted by atomic mass is 16.5. The third kappa shape index (κ3) is 9.01. The molecule has 0 spiro atoms. The van der Waals surface area contributed by atoms with E-state index in [1.54, 1.807) is 12.1 Å². The normalized spacial score (nSPS) is 9.67. The molecule has 3 rings (SSSR count). The first-order chi connectivity index (χ1) is 15.9. The minimum Gasteiger partial charge on any atom is -0.508 e. The number of hydrogen-bond acceptors (Lipinski definition) is 3. The molecular weight excluding hydrogens is 410 g/mol. The van der Waals surface area contributed by atoms with Crippen LogP contribution < -0.4 is 10.1 Å². The van der Waals surface area contributed by atoms with Crippen LogP contribution in [0, 0.1) is 20.8 Å². The van der Waals surface area contributed by atoms with Crippen LogP contribution in [-0.4, -0.2) is 17.6 Å². The van der Waals surface area contributed by atoms with Crippen molar-refractivity contribution in [3.63, 3.8) is 0 Å². The highest BCUT2D eigenvalue weighted by Gasteiger charge is 2.11. The van der Waals surface area contributed by atoms with E-state index in [1.165, 1.54) is 5.56 Å². The van der Waals surface area contributed by atoms with E-state index in [2.05, 4.69) is 17.4 Å². The molecule has 0 fully saturated rings. The topological polar surface area (TPSA) is 58.6 Å². The van der Waals surface area contributed by atoms with Crippen LogP contribution in [0.15, 0.2) is 60.7 Å². The summed E-state index contributed by atoms with van der Waals surface area (Å²) in [6, 6.07) is 19.3. The molecule has 3 aromatic carbocycles. The third-order valence-corrected chi connectivity index (χ3v) is 4.85. The average Bonchev–Trinajstić information content (AvgIpc) is 2.82. The van der Waals surface area contributed by atoms with Crippen LogP contribution in [0.5, 0.6) is 17.2 Å². The van der Waals surface area contributed by atoms with Gasteiger partial charge in [-0.25, -0.2) is 0 Å². The number of aromatic hydroxyl groups is 1. The van der Waals surface area contributed by atoms with E-state index in [9.17, 15) is 9.90 Å². The fraction of sp³-hybridized carbons (Fsp3) is 0.345. The van der Waals surface area contributed by atoms with Gasteiger partial charge in [0.05, 0.1) is 6.42 Å². The van der Waals surface area contributed by atoms with Crippen LogP contribution >= 0.6 is 0 Å². The number of benzene rings is 3. The molecule has 3 aromatic rings. The molecule has 0 unspecified atom stereocenters. The minimum absolute atomic E-state index is 0.0163. The maximum atomic E-state index is 12.3. The molecule has 0 bridgehead atoms. The number of phenolic OH excluding ortho intramolecular Hbond substituents is 1. The molecule has 0 aromatic heterocycles. The first-order valence-corrected chi connectivity index (χ1v) is 11.8. The third-order valence-electron chi connectivity index (χ3n) is 4.85. The van der Waals surface area contributed by atoms with Gasteiger partial charge in [-0.05, 0) is 73.2 Å². The van der Waals surface area contributed by atoms with Crippen LogP contribution in [0.4, 0.5) is 0 Å². The zero-order valence-corrected chi connectivity index (χ0v) is 21.2. The first kappa shape index (κ1) is 27.8. The van der Waals surface area contributed by atoms with E-state index in [4.69, 9.17) is 4.74 Å². The molecule has 4 heteroatoms. The molecule has 0 aliphatic carbocycles. The van der Waals surface area contributed by atoms with Gasteiger partial charge in [-0.15, -0.1) is 0 Å². The largest absolute Gasteiger partial charge is 0.508 e. The molecule has 0 atom stereocenters. The molecule has 0 heterocycles. The lowest BCUT2D eigenvalue weighted by molar-refractivity contribution is -0.120. The van der Waals surface area contributed by atoms with Crippen LogP contribution in [0.3, 0.4) is 0 Å². The maximum absolute atomic E-state index is 12.3. The van der Waals surface area contributed by atoms with E-state index < -0.39 is 0 Å². The van der Waals surface area contributed by atoms with Crippen LogP contribution in [0.2, 0.25) is 0 Å². The number of carbonyl (C=O) groups excluding carboxylic acids is 1. The molecule has 178 valence electrons. The molecule has 4 nitrogen and oxygen atoms in total. The molecule has 2 N–H and O–H groups in total. The molecule has 0 radical (unpaired) electrons. The number of amides is 1. The highest BCUT2D eigenvalue weighted by molar-refractivity contribution is 5.78. The van der Waals surface area contributed by atoms with Crippen molar-refractivity contribution in [1.29, 1.82) is 0 Å². The van der Waals surface area contributed by atoms with Crippen molar-refractivity contribution in [2.24, 2.45) is 0 Å². The van der Waals surface area contributed by atoms with Crippen molar-refractivity contribution in [2.45, 2.75) is 61.3 Å². The van der Waals surface area contributed by atoms with Crippen molar-refractivity contribution in [3.05, 3.63) is 88.5 Å². The fourth-order valence-electron chi connectivity index (χ4n) is 3.35. The lowest BCUT2D eigenvalue weighted by Crippen LogP contribution is -2.27. The number of carbonyl (C=O) groups is 1. The predicted octanol–water partition coefficient (Wildman–Crippen LogP) is 7.06. The van der Waals surface area contributed by atoms with Gasteiger partial charge in [-0.2, -0.15) is 0 Å². The van der Waals surface area contributed by atoms with Gasteiger partial charge in [0.15, 0.2) is 0 Å². The summed E-state index contributed by atoms with van der Waals surface area (Å²) < 4.78 is 6.04. The standard InChI is InChI=1S/C25H27NO3.2C2H6/c1-17-15-22(9-10-23(17)27)29-25-18(2)13-21(14-19(25)3)16-24(28)26-12-11-20-7-5-4-6-8-20;2*1-2/h4-10,13-15,27H,11-12,16H2,1-3H3,(H,26,28);2*1-2H3. The van der Waals surface area contributed by atoms with E-state index in [0.717, 1.165) is 34.4 Å². The lowest BCUT2D eigenvalue weighted by Gasteiger charge is -2.14. The summed E-state index contributed by atoms with van der Waals surface area (Å²) in [5.41, 5.74) is 4.89. The maximum Gasteiger partial charge on any atom is 0.224 e. The van der Waals surface area contributed by atoms with Gasteiger partial charge in [0, 0.05) is 6.54 Å². The van der Waals surface area contributed by atoms with E-state index in [-0.39, 0.29) is 11.7 Å². The first-order valence-electron chi connectivity index (χ1n) is 11.8. The number of ether oxygens (including phenoxy) is 1. The Morgan fingerprint density at radius 3 is 2.00 bits per heavy atom. The van der Waals surface area contributed by atoms with E-state index in [0.29, 0.717) is 18.7 Å². The average molecular weight is 450 g/mol. The van der Waals surface area contributed by atoms with Gasteiger partial charge in [0.25, 0.3) is 0 Å². The Balaban J connectivity index is 0.00000129. The van der Waals surface area contributed by atoms with Crippen molar-refractivity contribution in [2.75, 3.05) is 6.54 Å². The molecule has 0 saturated heterocycles. The van der Waals surface area contributed by atoms with Gasteiger partial charge in [-0.1, -0.05) is 70.2 Å². The summed E-state index contributed by atoms with van der Waals surface area (Å²) in [5, 5.41) is 12.7. The minimum atomic E-state index is 0.0163. The second kappa shape index (κ2) is 14.7. The molecule has 0 saturated carbocycles. The van der Waals surface area contributed by atoms with E-state index >= 15 is 0 Å². The van der Waals surface area contributed by atoms with Crippen molar-refractivity contribution in [1.82, 2.24) is 5.32 Å². The number of aryl methyl sites for hydroxylation is 3. The smallest absolute Gasteiger partial charge is 0.224 e. The monoisotopic (exact) mass is 449 g/mol. The molecule has 1 amide bonds. The van der Waals surface area contributed by atoms with Gasteiger partial charge in [0.1, 0.15) is 17.2 Å². The fourth-order valence-corrected chi connectivity index (χ4v) is 3.35. The SMILES string of the molecule is CC.CC.Cc1cc(Oc2c(C)cc(CC(=O)NCCc3ccccc3)cc2C)ccc1O. The van der Waals surface area contributed by atoms with Crippen molar-refractivity contribution in [3.8, 4) is 17.2 Å². The highest BCUT2D eigenvalue weighted by Crippen LogP contribution is 2.32. The Hall–Kier alpha value is -3.27. The van der Waals surface area contributed by atoms with Gasteiger partial charge < -0.3 is 15.2 Å². The number of rotatable bonds is 7. The Bertz CT molecular complexity index is 974. The summed E-state index contributed by atoms with van der Waals surface area (Å²) in [7, 11) is 0. The summed E-state index contributed by atoms with van der Waals surface area (Å²) in [4.78, 5) is 12.3. The number of nitrogens with one attached hydrogen (secondary N) is 1. The summed E-state index contributed by atoms with van der Waals surface area (Å²) in [6.07, 6.45) is 1.17. The summed E-state index contributed by atoms with van der Waals surface area (Å²) in [5.74, 6) is 1.73. The predicted molar refractivity (Wildman–Crippen MR) is 138 cm³/mol. The number of hydrogen-bond donors (Lipinski definition) is 2. The zero-order chi connectivity index (χ0) is 24.8. The van der Waals surface area contributed by atoms with Gasteiger partial charge in [-0.3, -0.25) is 4.79 Å². The Labute approximate surface area is 199 Å². The lowest BCUT2D eigenvalue weighted by atomic mass is 10.0. The zero-order valence-electron chi connectivity index (χ0n) is 21.2. The van der Waals surface area contributed by atoms with Crippen molar-refractivity contribution < 1.29 is 14.6 Å². The summed E-state index contributed by atoms with van der Waals surface area (Å²) >= 11 is 0. The molecule has 33 heavy (non-hydrogen) atoms. The van der Waals surface area contributed by atoms with Gasteiger partial charge >= 0.3 is 0 Å². The second-order valence-corrected chi connectivity index (χ2v) is 7.37. The second-order valence-electron chi connectivity index (χ2n) is 7.37. The Morgan fingerprint density at radius 1 is 0.818 bits per heavy atom. The Morgan fingerprint density at radius 2 is 1.42 bits per heavy atom. The quantitative estimate of drug-likeness (QED) is 0.406. The Kier molecular flexibility index (Phi) is 12.4. The van der Waals surface area contributed by atoms with Crippen LogP contribution in [0.1, 0.15) is 55.5 Å². The van der Waals surface area contributed by atoms with Crippen LogP contribution in [0.25, 0.3) is 0 Å². The van der Waals surface area contributed by atoms with Gasteiger partial charge in [0.2, 0.25) is 5.91 Å². The summed E-state index contributed by atoms with van der Waals surface area (Å²) in [6.45, 7) is 14.4. The van der Waals surface area contributed by atoms with Crippen LogP contribution in [-0.2, 0) is 17.6 Å². The van der Waals surface area contributed by atoms with E-state index in [1.807, 2.05) is 84.9 Å². The molecule has 0 aliphatic heterocycles.